The van der Waals surface area contributed by atoms with Crippen LogP contribution in [0.1, 0.15) is 6.92 Å². The molecule has 0 aromatic carbocycles. The molecule has 44 valence electrons. The van der Waals surface area contributed by atoms with Crippen molar-refractivity contribution in [1.29, 1.82) is 0 Å². The molecule has 0 rings (SSSR count). The maximum Gasteiger partial charge on any atom is 1.00 e. The minimum absolute atomic E-state index is 0. The third-order valence-corrected chi connectivity index (χ3v) is 0.963. The van der Waals surface area contributed by atoms with Crippen LogP contribution in [0.3, 0.4) is 0 Å². The van der Waals surface area contributed by atoms with E-state index < -0.39 is 9.05 Å². The van der Waals surface area contributed by atoms with Gasteiger partial charge in [-0.1, -0.05) is 0 Å². The van der Waals surface area contributed by atoms with E-state index >= 15 is 0 Å². The molecule has 0 radical (unpaired) electrons. The first-order valence-corrected chi connectivity index (χ1v) is 3.45. The van der Waals surface area contributed by atoms with Crippen LogP contribution in [0.4, 0.5) is 0 Å². The van der Waals surface area contributed by atoms with Gasteiger partial charge in [0.2, 0.25) is 0 Å². The van der Waals surface area contributed by atoms with E-state index in [1.165, 1.54) is 6.92 Å². The van der Waals surface area contributed by atoms with Gasteiger partial charge in [-0.3, -0.25) is 0 Å². The van der Waals surface area contributed by atoms with Gasteiger partial charge in [-0.15, -0.1) is 9.05 Å². The van der Waals surface area contributed by atoms with Crippen molar-refractivity contribution in [2.45, 2.75) is 6.92 Å². The minimum Gasteiger partial charge on any atom is -0.861 e. The number of hydrogen-bond donors (Lipinski definition) is 0. The van der Waals surface area contributed by atoms with Gasteiger partial charge < -0.3 is 18.8 Å². The maximum atomic E-state index is 9.51. The van der Waals surface area contributed by atoms with E-state index in [1.54, 1.807) is 0 Å². The topological polar surface area (TPSA) is 78.4 Å². The summed E-state index contributed by atoms with van der Waals surface area (Å²) in [6.07, 6.45) is 0. The van der Waals surface area contributed by atoms with Crippen LogP contribution in [0.2, 0.25) is 0 Å². The van der Waals surface area contributed by atoms with Crippen molar-refractivity contribution < 1.29 is 173 Å². The Kier molecular flexibility index (Phi) is 33.9. The Hall–Kier alpha value is 4.97. The molecule has 0 fully saturated rings. The van der Waals surface area contributed by atoms with Gasteiger partial charge >= 0.3 is 154 Å². The molecule has 0 aliphatic carbocycles. The van der Waals surface area contributed by atoms with Gasteiger partial charge in [-0.25, -0.2) is 0 Å². The Morgan fingerprint density at radius 2 is 1.40 bits per heavy atom. The maximum absolute atomic E-state index is 9.51. The average molecular weight is 238 g/mol. The van der Waals surface area contributed by atoms with E-state index in [2.05, 4.69) is 4.43 Å². The Bertz CT molecular complexity index is 57.0. The third-order valence-electron chi connectivity index (χ3n) is 0.321. The summed E-state index contributed by atoms with van der Waals surface area (Å²) in [4.78, 5) is 28.5. The Morgan fingerprint density at radius 3 is 1.40 bits per heavy atom. The van der Waals surface area contributed by atoms with Crippen LogP contribution in [-0.2, 0) is 4.43 Å². The predicted molar refractivity (Wildman–Crippen MR) is 17.4 cm³/mol. The fraction of sp³-hybridized carbons (Fsp3) is 1.00. The molecule has 0 aromatic heterocycles. The normalized spacial score (nSPS) is 8.40. The van der Waals surface area contributed by atoms with E-state index in [1.807, 2.05) is 0 Å². The summed E-state index contributed by atoms with van der Waals surface area (Å²) in [6.45, 7) is 1.37. The number of hydrogen-bond acceptors (Lipinski definition) is 4. The van der Waals surface area contributed by atoms with Crippen molar-refractivity contribution in [2.75, 3.05) is 6.61 Å². The van der Waals surface area contributed by atoms with Crippen LogP contribution in [0.5, 0.6) is 0 Å². The van der Waals surface area contributed by atoms with Crippen LogP contribution in [0, 0.1) is 0 Å². The molecule has 0 spiro atoms. The van der Waals surface area contributed by atoms with E-state index in [4.69, 9.17) is 0 Å². The molecular formula is C2H5K3O4Si. The zero-order valence-electron chi connectivity index (χ0n) is 6.84. The first-order chi connectivity index (χ1) is 3.06. The van der Waals surface area contributed by atoms with Crippen LogP contribution in [0.15, 0.2) is 0 Å². The molecule has 8 heteroatoms. The first-order valence-electron chi connectivity index (χ1n) is 1.81. The summed E-state index contributed by atoms with van der Waals surface area (Å²) in [5.41, 5.74) is 0. The number of rotatable bonds is 2. The quantitative estimate of drug-likeness (QED) is 0.448. The fourth-order valence-electron chi connectivity index (χ4n) is 0.177. The fourth-order valence-corrected chi connectivity index (χ4v) is 0.530. The van der Waals surface area contributed by atoms with Crippen molar-refractivity contribution >= 4 is 9.05 Å². The van der Waals surface area contributed by atoms with Gasteiger partial charge in [0.05, 0.1) is 0 Å². The van der Waals surface area contributed by atoms with Crippen LogP contribution >= 0.6 is 0 Å². The van der Waals surface area contributed by atoms with E-state index in [-0.39, 0.29) is 161 Å². The average Bonchev–Trinajstić information content (AvgIpc) is 1.30. The van der Waals surface area contributed by atoms with E-state index in [0.29, 0.717) is 0 Å². The molecule has 0 N–H and O–H groups in total. The second-order valence-corrected chi connectivity index (χ2v) is 2.22. The molecule has 0 amide bonds. The van der Waals surface area contributed by atoms with Crippen molar-refractivity contribution in [1.82, 2.24) is 0 Å². The Balaban J connectivity index is -0.0000000600. The standard InChI is InChI=1S/C2H5O4Si.3K/c1-2-6-7(3,4)5;;;/h2H2,1H3;;;/q-3;3*+1. The van der Waals surface area contributed by atoms with Crippen molar-refractivity contribution in [3.8, 4) is 0 Å². The van der Waals surface area contributed by atoms with E-state index in [0.717, 1.165) is 0 Å². The second kappa shape index (κ2) is 14.0. The third kappa shape index (κ3) is 23.1. The van der Waals surface area contributed by atoms with Gasteiger partial charge in [0.15, 0.2) is 0 Å². The Morgan fingerprint density at radius 1 is 1.10 bits per heavy atom. The van der Waals surface area contributed by atoms with E-state index in [9.17, 15) is 14.4 Å². The van der Waals surface area contributed by atoms with Gasteiger partial charge in [0.25, 0.3) is 0 Å². The van der Waals surface area contributed by atoms with Crippen LogP contribution in [-0.4, -0.2) is 15.7 Å². The molecular weight excluding hydrogens is 233 g/mol. The summed E-state index contributed by atoms with van der Waals surface area (Å²) in [5, 5.41) is 0. The first kappa shape index (κ1) is 24.3. The van der Waals surface area contributed by atoms with Gasteiger partial charge in [-0.2, -0.15) is 0 Å². The SMILES string of the molecule is CCO[Si]([O-])([O-])[O-].[K+].[K+].[K+]. The van der Waals surface area contributed by atoms with Gasteiger partial charge in [-0.05, 0) is 6.92 Å². The molecule has 10 heavy (non-hydrogen) atoms. The predicted octanol–water partition coefficient (Wildman–Crippen LogP) is -12.4. The largest absolute Gasteiger partial charge is 1.00 e. The van der Waals surface area contributed by atoms with Crippen LogP contribution in [0.25, 0.3) is 0 Å². The van der Waals surface area contributed by atoms with Crippen LogP contribution < -0.4 is 169 Å². The zero-order valence-corrected chi connectivity index (χ0v) is 17.2. The molecule has 0 aromatic rings. The summed E-state index contributed by atoms with van der Waals surface area (Å²) in [7, 11) is -4.91. The van der Waals surface area contributed by atoms with Crippen molar-refractivity contribution in [3.63, 3.8) is 0 Å². The molecule has 0 unspecified atom stereocenters. The molecule has 0 saturated heterocycles. The molecule has 0 aliphatic heterocycles. The van der Waals surface area contributed by atoms with Gasteiger partial charge in [0.1, 0.15) is 0 Å². The molecule has 0 heterocycles. The summed E-state index contributed by atoms with van der Waals surface area (Å²) in [6, 6.07) is 0. The summed E-state index contributed by atoms with van der Waals surface area (Å²) < 4.78 is 3.70. The smallest absolute Gasteiger partial charge is 0.861 e. The van der Waals surface area contributed by atoms with Crippen molar-refractivity contribution in [2.24, 2.45) is 0 Å². The zero-order chi connectivity index (χ0) is 5.91. The molecule has 0 atom stereocenters. The minimum atomic E-state index is -4.91. The molecule has 0 bridgehead atoms. The molecule has 0 saturated carbocycles. The Labute approximate surface area is 189 Å². The summed E-state index contributed by atoms with van der Waals surface area (Å²) in [5.74, 6) is 0. The second-order valence-electron chi connectivity index (χ2n) is 0.933. The van der Waals surface area contributed by atoms with Gasteiger partial charge in [0, 0.05) is 6.61 Å². The summed E-state index contributed by atoms with van der Waals surface area (Å²) >= 11 is 0. The molecule has 0 aliphatic rings. The molecule has 4 nitrogen and oxygen atoms in total. The monoisotopic (exact) mass is 238 g/mol. The van der Waals surface area contributed by atoms with Crippen molar-refractivity contribution in [3.05, 3.63) is 0 Å².